The molecule has 0 fully saturated rings. The van der Waals surface area contributed by atoms with Gasteiger partial charge in [0.25, 0.3) is 0 Å². The van der Waals surface area contributed by atoms with Crippen molar-refractivity contribution in [2.75, 3.05) is 6.61 Å². The molecule has 7 nitrogen and oxygen atoms in total. The van der Waals surface area contributed by atoms with Crippen LogP contribution in [0, 0.1) is 13.8 Å². The van der Waals surface area contributed by atoms with Crippen molar-refractivity contribution in [3.8, 4) is 11.4 Å². The van der Waals surface area contributed by atoms with Crippen LogP contribution in [0.4, 0.5) is 0 Å². The van der Waals surface area contributed by atoms with Crippen molar-refractivity contribution in [2.24, 2.45) is 0 Å². The second-order valence-corrected chi connectivity index (χ2v) is 8.81. The summed E-state index contributed by atoms with van der Waals surface area (Å²) in [5.74, 6) is 0.756. The lowest BCUT2D eigenvalue weighted by molar-refractivity contribution is 0.0993. The Morgan fingerprint density at radius 2 is 1.81 bits per heavy atom. The molecule has 164 valence electrons. The third kappa shape index (κ3) is 4.18. The van der Waals surface area contributed by atoms with Gasteiger partial charge < -0.3 is 4.74 Å². The molecule has 0 amide bonds. The van der Waals surface area contributed by atoms with E-state index in [1.165, 1.54) is 16.3 Å². The summed E-state index contributed by atoms with van der Waals surface area (Å²) in [6.45, 7) is 8.35. The van der Waals surface area contributed by atoms with Gasteiger partial charge in [0.2, 0.25) is 5.65 Å². The number of ketones is 1. The highest BCUT2D eigenvalue weighted by molar-refractivity contribution is 8.00. The van der Waals surface area contributed by atoms with Crippen molar-refractivity contribution >= 4 is 23.2 Å². The van der Waals surface area contributed by atoms with Crippen LogP contribution in [0.3, 0.4) is 0 Å². The Morgan fingerprint density at radius 3 is 2.50 bits per heavy atom. The Labute approximate surface area is 190 Å². The molecule has 0 spiro atoms. The first-order chi connectivity index (χ1) is 15.4. The molecule has 4 rings (SSSR count). The second kappa shape index (κ2) is 9.00. The number of aromatic nitrogens is 4. The average molecular weight is 449 g/mol. The largest absolute Gasteiger partial charge is 0.494 e. The van der Waals surface area contributed by atoms with Crippen LogP contribution >= 0.6 is 11.8 Å². The molecular formula is C24H24N4O3S. The number of fused-ring (bicyclic) bond motifs is 1. The average Bonchev–Trinajstić information content (AvgIpc) is 3.20. The Bertz CT molecular complexity index is 1340. The quantitative estimate of drug-likeness (QED) is 0.311. The number of thioether (sulfide) groups is 1. The Kier molecular flexibility index (Phi) is 6.14. The molecule has 0 N–H and O–H groups in total. The van der Waals surface area contributed by atoms with Crippen molar-refractivity contribution < 1.29 is 9.53 Å². The summed E-state index contributed by atoms with van der Waals surface area (Å²) in [4.78, 5) is 25.9. The minimum Gasteiger partial charge on any atom is -0.494 e. The molecule has 0 bridgehead atoms. The maximum absolute atomic E-state index is 13.0. The lowest BCUT2D eigenvalue weighted by Crippen LogP contribution is -2.20. The molecule has 32 heavy (non-hydrogen) atoms. The highest BCUT2D eigenvalue weighted by Gasteiger charge is 2.21. The SMILES string of the molecule is CCOc1ccc(-n2ccn3c(S[C@H](C)C(=O)c4ccc(C)c(C)c4)nnc3c2=O)cc1. The third-order valence-corrected chi connectivity index (χ3v) is 6.36. The monoisotopic (exact) mass is 448 g/mol. The summed E-state index contributed by atoms with van der Waals surface area (Å²) < 4.78 is 8.60. The molecule has 4 aromatic rings. The predicted molar refractivity (Wildman–Crippen MR) is 125 cm³/mol. The summed E-state index contributed by atoms with van der Waals surface area (Å²) >= 11 is 1.29. The number of carbonyl (C=O) groups excluding carboxylic acids is 1. The van der Waals surface area contributed by atoms with Crippen LogP contribution in [0.25, 0.3) is 11.3 Å². The molecule has 1 atom stereocenters. The van der Waals surface area contributed by atoms with Crippen molar-refractivity contribution in [3.05, 3.63) is 81.9 Å². The van der Waals surface area contributed by atoms with E-state index >= 15 is 0 Å². The van der Waals surface area contributed by atoms with Gasteiger partial charge in [-0.2, -0.15) is 0 Å². The molecule has 2 aromatic heterocycles. The van der Waals surface area contributed by atoms with Crippen molar-refractivity contribution in [2.45, 2.75) is 38.1 Å². The van der Waals surface area contributed by atoms with Crippen LogP contribution in [-0.4, -0.2) is 36.8 Å². The maximum Gasteiger partial charge on any atom is 0.300 e. The Balaban J connectivity index is 1.59. The molecular weight excluding hydrogens is 424 g/mol. The fourth-order valence-electron chi connectivity index (χ4n) is 3.36. The van der Waals surface area contributed by atoms with Gasteiger partial charge in [-0.25, -0.2) is 0 Å². The highest BCUT2D eigenvalue weighted by atomic mass is 32.2. The normalized spacial score (nSPS) is 12.1. The molecule has 0 aliphatic rings. The molecule has 0 aliphatic carbocycles. The van der Waals surface area contributed by atoms with E-state index in [0.29, 0.717) is 23.0 Å². The number of aryl methyl sites for hydroxylation is 2. The first-order valence-electron chi connectivity index (χ1n) is 10.4. The van der Waals surface area contributed by atoms with Gasteiger partial charge in [0, 0.05) is 23.6 Å². The smallest absolute Gasteiger partial charge is 0.300 e. The van der Waals surface area contributed by atoms with Gasteiger partial charge in [0.1, 0.15) is 5.75 Å². The van der Waals surface area contributed by atoms with E-state index < -0.39 is 0 Å². The number of nitrogens with zero attached hydrogens (tertiary/aromatic N) is 4. The van der Waals surface area contributed by atoms with E-state index in [-0.39, 0.29) is 22.2 Å². The van der Waals surface area contributed by atoms with Crippen LogP contribution < -0.4 is 10.3 Å². The molecule has 2 aromatic carbocycles. The predicted octanol–water partition coefficient (Wildman–Crippen LogP) is 4.26. The number of carbonyl (C=O) groups is 1. The number of ether oxygens (including phenoxy) is 1. The van der Waals surface area contributed by atoms with Crippen LogP contribution in [0.15, 0.2) is 64.8 Å². The van der Waals surface area contributed by atoms with E-state index in [2.05, 4.69) is 10.2 Å². The molecule has 2 heterocycles. The summed E-state index contributed by atoms with van der Waals surface area (Å²) in [5, 5.41) is 8.38. The lowest BCUT2D eigenvalue weighted by atomic mass is 10.0. The molecule has 0 saturated carbocycles. The molecule has 8 heteroatoms. The summed E-state index contributed by atoms with van der Waals surface area (Å²) in [6, 6.07) is 13.0. The van der Waals surface area contributed by atoms with E-state index in [1.807, 2.05) is 70.2 Å². The van der Waals surface area contributed by atoms with E-state index in [1.54, 1.807) is 16.8 Å². The number of hydrogen-bond acceptors (Lipinski definition) is 6. The van der Waals surface area contributed by atoms with Gasteiger partial charge in [-0.1, -0.05) is 23.9 Å². The first-order valence-corrected chi connectivity index (χ1v) is 11.2. The topological polar surface area (TPSA) is 78.5 Å². The van der Waals surface area contributed by atoms with Gasteiger partial charge in [0.15, 0.2) is 10.9 Å². The maximum atomic E-state index is 13.0. The van der Waals surface area contributed by atoms with Crippen molar-refractivity contribution in [3.63, 3.8) is 0 Å². The van der Waals surface area contributed by atoms with Gasteiger partial charge in [-0.15, -0.1) is 10.2 Å². The number of rotatable bonds is 7. The number of Topliss-reactive ketones (excluding diaryl/α,β-unsaturated/α-hetero) is 1. The summed E-state index contributed by atoms with van der Waals surface area (Å²) in [6.07, 6.45) is 3.41. The highest BCUT2D eigenvalue weighted by Crippen LogP contribution is 2.25. The fraction of sp³-hybridized carbons (Fsp3) is 0.250. The minimum atomic E-state index is -0.377. The van der Waals surface area contributed by atoms with E-state index in [4.69, 9.17) is 4.74 Å². The summed E-state index contributed by atoms with van der Waals surface area (Å²) in [7, 11) is 0. The Hall–Kier alpha value is -3.39. The molecule has 0 radical (unpaired) electrons. The third-order valence-electron chi connectivity index (χ3n) is 5.31. The Morgan fingerprint density at radius 1 is 1.06 bits per heavy atom. The van der Waals surface area contributed by atoms with Crippen LogP contribution in [0.2, 0.25) is 0 Å². The van der Waals surface area contributed by atoms with E-state index in [9.17, 15) is 9.59 Å². The van der Waals surface area contributed by atoms with Crippen LogP contribution in [0.5, 0.6) is 5.75 Å². The first kappa shape index (κ1) is 21.8. The molecule has 0 saturated heterocycles. The molecule has 0 aliphatic heterocycles. The van der Waals surface area contributed by atoms with E-state index in [0.717, 1.165) is 16.9 Å². The lowest BCUT2D eigenvalue weighted by Gasteiger charge is -2.11. The van der Waals surface area contributed by atoms with Crippen LogP contribution in [-0.2, 0) is 0 Å². The molecule has 0 unspecified atom stereocenters. The van der Waals surface area contributed by atoms with Gasteiger partial charge in [-0.05, 0) is 69.2 Å². The summed E-state index contributed by atoms with van der Waals surface area (Å²) in [5.41, 5.74) is 3.51. The standard InChI is InChI=1S/C24H24N4O3S/c1-5-31-20-10-8-19(9-11-20)27-12-13-28-22(23(27)30)25-26-24(28)32-17(4)21(29)18-7-6-15(2)16(3)14-18/h6-14,17H,5H2,1-4H3/t17-/m1/s1. The van der Waals surface area contributed by atoms with Gasteiger partial charge >= 0.3 is 5.56 Å². The van der Waals surface area contributed by atoms with Gasteiger partial charge in [-0.3, -0.25) is 18.6 Å². The number of hydrogen-bond donors (Lipinski definition) is 0. The van der Waals surface area contributed by atoms with Crippen molar-refractivity contribution in [1.29, 1.82) is 0 Å². The van der Waals surface area contributed by atoms with Gasteiger partial charge in [0.05, 0.1) is 11.9 Å². The zero-order valence-electron chi connectivity index (χ0n) is 18.4. The van der Waals surface area contributed by atoms with Crippen molar-refractivity contribution in [1.82, 2.24) is 19.2 Å². The van der Waals surface area contributed by atoms with Crippen LogP contribution in [0.1, 0.15) is 35.3 Å². The number of benzene rings is 2. The second-order valence-electron chi connectivity index (χ2n) is 7.50. The minimum absolute atomic E-state index is 0.0116. The zero-order chi connectivity index (χ0) is 22.8. The zero-order valence-corrected chi connectivity index (χ0v) is 19.2. The fourth-order valence-corrected chi connectivity index (χ4v) is 4.27.